The minimum absolute atomic E-state index is 0.0817. The summed E-state index contributed by atoms with van der Waals surface area (Å²) in [4.78, 5) is 49.3. The van der Waals surface area contributed by atoms with Gasteiger partial charge in [0.15, 0.2) is 5.69 Å². The minimum Gasteiger partial charge on any atom is -0.490 e. The van der Waals surface area contributed by atoms with E-state index in [1.54, 1.807) is 41.3 Å². The van der Waals surface area contributed by atoms with Gasteiger partial charge in [-0.1, -0.05) is 26.0 Å². The van der Waals surface area contributed by atoms with Crippen LogP contribution in [-0.2, 0) is 4.79 Å². The lowest BCUT2D eigenvalue weighted by Crippen LogP contribution is -2.54. The molecular formula is C26H29FN4O4. The Morgan fingerprint density at radius 2 is 1.77 bits per heavy atom. The summed E-state index contributed by atoms with van der Waals surface area (Å²) in [5.74, 6) is -0.678. The molecule has 3 aromatic rings. The highest BCUT2D eigenvalue weighted by Crippen LogP contribution is 2.22. The molecule has 0 aliphatic carbocycles. The predicted octanol–water partition coefficient (Wildman–Crippen LogP) is 3.23. The fourth-order valence-electron chi connectivity index (χ4n) is 4.45. The third-order valence-corrected chi connectivity index (χ3v) is 6.29. The maximum atomic E-state index is 13.5. The number of carbonyl (C=O) groups excluding carboxylic acids is 2. The smallest absolute Gasteiger partial charge is 0.280 e. The Bertz CT molecular complexity index is 1270. The number of carbonyl (C=O) groups is 2. The van der Waals surface area contributed by atoms with Crippen LogP contribution in [0.2, 0.25) is 0 Å². The monoisotopic (exact) mass is 480 g/mol. The van der Waals surface area contributed by atoms with Crippen molar-refractivity contribution in [2.24, 2.45) is 5.92 Å². The average molecular weight is 481 g/mol. The Labute approximate surface area is 202 Å². The third kappa shape index (κ3) is 5.34. The van der Waals surface area contributed by atoms with Crippen molar-refractivity contribution in [2.45, 2.75) is 38.8 Å². The van der Waals surface area contributed by atoms with Crippen molar-refractivity contribution < 1.29 is 18.7 Å². The third-order valence-electron chi connectivity index (χ3n) is 6.29. The SMILES string of the molecule is CC(C)[C@@H](C(=O)N1CCC(Oc2ccc(F)cc2)CC1)N(C)C(=O)c1nc2ccccc2[nH]c1=O. The standard InChI is InChI=1S/C26H29FN4O4/c1-16(2)23(30(3)25(33)22-24(32)29-21-7-5-4-6-20(21)28-22)26(34)31-14-12-19(13-15-31)35-18-10-8-17(27)9-11-18/h4-11,16,19,23H,12-15H2,1-3H3,(H,29,32)/t23-/m0/s1. The van der Waals surface area contributed by atoms with E-state index in [2.05, 4.69) is 9.97 Å². The van der Waals surface area contributed by atoms with E-state index in [-0.39, 0.29) is 29.4 Å². The second-order valence-electron chi connectivity index (χ2n) is 9.13. The van der Waals surface area contributed by atoms with Gasteiger partial charge in [0, 0.05) is 33.0 Å². The minimum atomic E-state index is -0.746. The van der Waals surface area contributed by atoms with Crippen LogP contribution in [0.15, 0.2) is 53.3 Å². The molecule has 1 aromatic heterocycles. The first-order valence-corrected chi connectivity index (χ1v) is 11.7. The van der Waals surface area contributed by atoms with E-state index in [4.69, 9.17) is 4.74 Å². The van der Waals surface area contributed by atoms with E-state index in [1.807, 2.05) is 13.8 Å². The zero-order valence-electron chi connectivity index (χ0n) is 20.0. The molecule has 2 aromatic carbocycles. The highest BCUT2D eigenvalue weighted by atomic mass is 19.1. The number of benzene rings is 2. The van der Waals surface area contributed by atoms with Crippen molar-refractivity contribution in [3.8, 4) is 5.75 Å². The number of aromatic nitrogens is 2. The Kier molecular flexibility index (Phi) is 7.14. The Hall–Kier alpha value is -3.75. The zero-order chi connectivity index (χ0) is 25.1. The van der Waals surface area contributed by atoms with Gasteiger partial charge in [-0.2, -0.15) is 0 Å². The van der Waals surface area contributed by atoms with Gasteiger partial charge in [0.2, 0.25) is 5.91 Å². The molecule has 184 valence electrons. The number of nitrogens with zero attached hydrogens (tertiary/aromatic N) is 3. The highest BCUT2D eigenvalue weighted by molar-refractivity contribution is 5.97. The number of rotatable bonds is 6. The first-order chi connectivity index (χ1) is 16.7. The molecule has 1 saturated heterocycles. The van der Waals surface area contributed by atoms with E-state index < -0.39 is 17.5 Å². The quantitative estimate of drug-likeness (QED) is 0.585. The molecule has 1 fully saturated rings. The molecule has 0 unspecified atom stereocenters. The number of para-hydroxylation sites is 2. The number of likely N-dealkylation sites (N-methyl/N-ethyl adjacent to an activating group) is 1. The fraction of sp³-hybridized carbons (Fsp3) is 0.385. The molecule has 0 radical (unpaired) electrons. The summed E-state index contributed by atoms with van der Waals surface area (Å²) in [6.07, 6.45) is 1.16. The predicted molar refractivity (Wildman–Crippen MR) is 130 cm³/mol. The molecule has 1 N–H and O–H groups in total. The van der Waals surface area contributed by atoms with Gasteiger partial charge < -0.3 is 19.5 Å². The number of piperidine rings is 1. The van der Waals surface area contributed by atoms with E-state index >= 15 is 0 Å². The first kappa shape index (κ1) is 24.4. The van der Waals surface area contributed by atoms with Crippen LogP contribution in [0.1, 0.15) is 37.2 Å². The van der Waals surface area contributed by atoms with Crippen LogP contribution in [-0.4, -0.2) is 63.9 Å². The molecule has 35 heavy (non-hydrogen) atoms. The first-order valence-electron chi connectivity index (χ1n) is 11.7. The molecule has 4 rings (SSSR count). The van der Waals surface area contributed by atoms with Crippen LogP contribution in [0, 0.1) is 11.7 Å². The number of aromatic amines is 1. The molecule has 1 aliphatic heterocycles. The van der Waals surface area contributed by atoms with Crippen molar-refractivity contribution in [3.05, 3.63) is 70.4 Å². The number of nitrogens with one attached hydrogen (secondary N) is 1. The van der Waals surface area contributed by atoms with Crippen LogP contribution in [0.25, 0.3) is 11.0 Å². The van der Waals surface area contributed by atoms with E-state index in [0.29, 0.717) is 42.7 Å². The number of H-pyrrole nitrogens is 1. The van der Waals surface area contributed by atoms with Crippen molar-refractivity contribution in [3.63, 3.8) is 0 Å². The van der Waals surface area contributed by atoms with E-state index in [0.717, 1.165) is 0 Å². The van der Waals surface area contributed by atoms with Gasteiger partial charge in [0.1, 0.15) is 23.7 Å². The topological polar surface area (TPSA) is 95.6 Å². The number of fused-ring (bicyclic) bond motifs is 1. The Morgan fingerprint density at radius 3 is 2.43 bits per heavy atom. The van der Waals surface area contributed by atoms with Crippen molar-refractivity contribution >= 4 is 22.8 Å². The molecule has 0 saturated carbocycles. The van der Waals surface area contributed by atoms with Gasteiger partial charge in [-0.05, 0) is 42.3 Å². The molecular weight excluding hydrogens is 451 g/mol. The largest absolute Gasteiger partial charge is 0.490 e. The molecule has 2 heterocycles. The van der Waals surface area contributed by atoms with Gasteiger partial charge >= 0.3 is 0 Å². The van der Waals surface area contributed by atoms with Crippen LogP contribution in [0.4, 0.5) is 4.39 Å². The maximum Gasteiger partial charge on any atom is 0.280 e. The molecule has 0 spiro atoms. The number of likely N-dealkylation sites (tertiary alicyclic amines) is 1. The van der Waals surface area contributed by atoms with Crippen molar-refractivity contribution in [2.75, 3.05) is 20.1 Å². The molecule has 0 bridgehead atoms. The van der Waals surface area contributed by atoms with Crippen molar-refractivity contribution in [1.29, 1.82) is 0 Å². The van der Waals surface area contributed by atoms with Crippen LogP contribution >= 0.6 is 0 Å². The van der Waals surface area contributed by atoms with Crippen LogP contribution in [0.5, 0.6) is 5.75 Å². The zero-order valence-corrected chi connectivity index (χ0v) is 20.0. The van der Waals surface area contributed by atoms with Gasteiger partial charge in [0.25, 0.3) is 11.5 Å². The van der Waals surface area contributed by atoms with E-state index in [9.17, 15) is 18.8 Å². The summed E-state index contributed by atoms with van der Waals surface area (Å²) in [5, 5.41) is 0. The molecule has 1 atom stereocenters. The number of halogens is 1. The van der Waals surface area contributed by atoms with E-state index in [1.165, 1.54) is 24.1 Å². The van der Waals surface area contributed by atoms with Gasteiger partial charge in [0.05, 0.1) is 11.0 Å². The maximum absolute atomic E-state index is 13.5. The van der Waals surface area contributed by atoms with Gasteiger partial charge in [-0.25, -0.2) is 9.37 Å². The number of hydrogen-bond donors (Lipinski definition) is 1. The normalized spacial score (nSPS) is 15.3. The van der Waals surface area contributed by atoms with Crippen molar-refractivity contribution in [1.82, 2.24) is 19.8 Å². The van der Waals surface area contributed by atoms with Gasteiger partial charge in [-0.15, -0.1) is 0 Å². The Morgan fingerprint density at radius 1 is 1.11 bits per heavy atom. The lowest BCUT2D eigenvalue weighted by atomic mass is 9.98. The van der Waals surface area contributed by atoms with Gasteiger partial charge in [-0.3, -0.25) is 14.4 Å². The highest BCUT2D eigenvalue weighted by Gasteiger charge is 2.36. The number of hydrogen-bond acceptors (Lipinski definition) is 5. The molecule has 9 heteroatoms. The second kappa shape index (κ2) is 10.2. The Balaban J connectivity index is 1.45. The molecule has 1 aliphatic rings. The lowest BCUT2D eigenvalue weighted by molar-refractivity contribution is -0.139. The summed E-state index contributed by atoms with van der Waals surface area (Å²) < 4.78 is 19.0. The summed E-state index contributed by atoms with van der Waals surface area (Å²) >= 11 is 0. The summed E-state index contributed by atoms with van der Waals surface area (Å²) in [5.41, 5.74) is 0.212. The average Bonchev–Trinajstić information content (AvgIpc) is 2.84. The summed E-state index contributed by atoms with van der Waals surface area (Å²) in [6.45, 7) is 4.69. The fourth-order valence-corrected chi connectivity index (χ4v) is 4.45. The summed E-state index contributed by atoms with van der Waals surface area (Å²) in [7, 11) is 1.53. The number of amides is 2. The second-order valence-corrected chi connectivity index (χ2v) is 9.13. The number of ether oxygens (including phenoxy) is 1. The van der Waals surface area contributed by atoms with Crippen LogP contribution < -0.4 is 10.3 Å². The lowest BCUT2D eigenvalue weighted by Gasteiger charge is -2.38. The molecule has 2 amide bonds. The summed E-state index contributed by atoms with van der Waals surface area (Å²) in [6, 6.07) is 12.1. The van der Waals surface area contributed by atoms with Crippen LogP contribution in [0.3, 0.4) is 0 Å². The molecule has 8 nitrogen and oxygen atoms in total.